The van der Waals surface area contributed by atoms with Crippen LogP contribution in [0.4, 0.5) is 11.4 Å². The number of nitrogens with zero attached hydrogens (tertiary/aromatic N) is 1. The molecule has 0 saturated carbocycles. The van der Waals surface area contributed by atoms with Crippen molar-refractivity contribution < 1.29 is 14.3 Å². The van der Waals surface area contributed by atoms with Gasteiger partial charge >= 0.3 is 0 Å². The number of carbonyl (C=O) groups is 2. The third-order valence-electron chi connectivity index (χ3n) is 6.65. The van der Waals surface area contributed by atoms with Crippen molar-refractivity contribution in [1.29, 1.82) is 0 Å². The molecule has 3 aromatic carbocycles. The van der Waals surface area contributed by atoms with Crippen LogP contribution in [0.5, 0.6) is 0 Å². The standard InChI is InChI=1S/C30H35N3O3/c1-36-19-16-31-30(35)27-22-26(32-29(34)21-24-10-6-3-7-11-24)12-13-28(27)33-17-14-25(15-18-33)20-23-8-4-2-5-9-23/h2-13,22,25H,14-21H2,1H3,(H,31,35)(H,32,34). The molecule has 6 heteroatoms. The maximum Gasteiger partial charge on any atom is 0.253 e. The van der Waals surface area contributed by atoms with Crippen LogP contribution in [0.3, 0.4) is 0 Å². The van der Waals surface area contributed by atoms with Gasteiger partial charge in [0.1, 0.15) is 0 Å². The zero-order valence-corrected chi connectivity index (χ0v) is 20.9. The molecule has 1 aliphatic rings. The van der Waals surface area contributed by atoms with Gasteiger partial charge in [-0.3, -0.25) is 9.59 Å². The number of hydrogen-bond donors (Lipinski definition) is 2. The number of ether oxygens (including phenoxy) is 1. The summed E-state index contributed by atoms with van der Waals surface area (Å²) < 4.78 is 5.09. The molecule has 0 unspecified atom stereocenters. The molecular weight excluding hydrogens is 450 g/mol. The Kier molecular flexibility index (Phi) is 9.11. The Morgan fingerprint density at radius 3 is 2.25 bits per heavy atom. The number of amides is 2. The first-order chi connectivity index (χ1) is 17.6. The fourth-order valence-corrected chi connectivity index (χ4v) is 4.75. The highest BCUT2D eigenvalue weighted by Gasteiger charge is 2.24. The smallest absolute Gasteiger partial charge is 0.253 e. The van der Waals surface area contributed by atoms with E-state index in [1.807, 2.05) is 42.5 Å². The molecule has 0 bridgehead atoms. The van der Waals surface area contributed by atoms with Gasteiger partial charge in [-0.1, -0.05) is 60.7 Å². The first-order valence-electron chi connectivity index (χ1n) is 12.7. The van der Waals surface area contributed by atoms with E-state index in [1.54, 1.807) is 13.2 Å². The van der Waals surface area contributed by atoms with Gasteiger partial charge in [0, 0.05) is 38.1 Å². The summed E-state index contributed by atoms with van der Waals surface area (Å²) >= 11 is 0. The fourth-order valence-electron chi connectivity index (χ4n) is 4.75. The van der Waals surface area contributed by atoms with Crippen molar-refractivity contribution in [2.45, 2.75) is 25.7 Å². The maximum atomic E-state index is 13.1. The van der Waals surface area contributed by atoms with Crippen molar-refractivity contribution in [3.8, 4) is 0 Å². The van der Waals surface area contributed by atoms with Crippen molar-refractivity contribution in [1.82, 2.24) is 5.32 Å². The largest absolute Gasteiger partial charge is 0.383 e. The van der Waals surface area contributed by atoms with E-state index in [9.17, 15) is 9.59 Å². The van der Waals surface area contributed by atoms with Gasteiger partial charge in [-0.15, -0.1) is 0 Å². The minimum atomic E-state index is -0.160. The van der Waals surface area contributed by atoms with Crippen LogP contribution in [0.1, 0.15) is 34.3 Å². The van der Waals surface area contributed by atoms with Crippen LogP contribution in [-0.2, 0) is 22.4 Å². The van der Waals surface area contributed by atoms with E-state index < -0.39 is 0 Å². The molecular formula is C30H35N3O3. The van der Waals surface area contributed by atoms with Gasteiger partial charge < -0.3 is 20.3 Å². The van der Waals surface area contributed by atoms with Gasteiger partial charge in [0.25, 0.3) is 5.91 Å². The first kappa shape index (κ1) is 25.5. The predicted molar refractivity (Wildman–Crippen MR) is 145 cm³/mol. The van der Waals surface area contributed by atoms with Gasteiger partial charge in [-0.2, -0.15) is 0 Å². The predicted octanol–water partition coefficient (Wildman–Crippen LogP) is 4.70. The Balaban J connectivity index is 1.45. The van der Waals surface area contributed by atoms with Crippen molar-refractivity contribution >= 4 is 23.2 Å². The lowest BCUT2D eigenvalue weighted by Crippen LogP contribution is -2.36. The molecule has 1 fully saturated rings. The van der Waals surface area contributed by atoms with E-state index in [4.69, 9.17) is 4.74 Å². The van der Waals surface area contributed by atoms with Crippen molar-refractivity contribution in [3.05, 3.63) is 95.6 Å². The van der Waals surface area contributed by atoms with E-state index >= 15 is 0 Å². The van der Waals surface area contributed by atoms with Crippen LogP contribution >= 0.6 is 0 Å². The number of nitrogens with one attached hydrogen (secondary N) is 2. The molecule has 0 aliphatic carbocycles. The minimum absolute atomic E-state index is 0.110. The summed E-state index contributed by atoms with van der Waals surface area (Å²) in [5.41, 5.74) is 4.43. The molecule has 0 spiro atoms. The van der Waals surface area contributed by atoms with E-state index in [-0.39, 0.29) is 18.2 Å². The van der Waals surface area contributed by atoms with Crippen LogP contribution in [0.15, 0.2) is 78.9 Å². The first-order valence-corrected chi connectivity index (χ1v) is 12.7. The monoisotopic (exact) mass is 485 g/mol. The molecule has 36 heavy (non-hydrogen) atoms. The third kappa shape index (κ3) is 7.18. The van der Waals surface area contributed by atoms with E-state index in [1.165, 1.54) is 5.56 Å². The van der Waals surface area contributed by atoms with Crippen molar-refractivity contribution in [2.24, 2.45) is 5.92 Å². The van der Waals surface area contributed by atoms with Crippen LogP contribution in [0.25, 0.3) is 0 Å². The molecule has 1 aliphatic heterocycles. The number of anilines is 2. The number of benzene rings is 3. The summed E-state index contributed by atoms with van der Waals surface area (Å²) in [5.74, 6) is 0.369. The highest BCUT2D eigenvalue weighted by atomic mass is 16.5. The molecule has 0 radical (unpaired) electrons. The summed E-state index contributed by atoms with van der Waals surface area (Å²) in [7, 11) is 1.61. The number of carbonyl (C=O) groups excluding carboxylic acids is 2. The van der Waals surface area contributed by atoms with Crippen LogP contribution < -0.4 is 15.5 Å². The lowest BCUT2D eigenvalue weighted by Gasteiger charge is -2.35. The highest BCUT2D eigenvalue weighted by molar-refractivity contribution is 6.02. The van der Waals surface area contributed by atoms with Crippen LogP contribution in [0, 0.1) is 5.92 Å². The summed E-state index contributed by atoms with van der Waals surface area (Å²) in [6.45, 7) is 2.67. The molecule has 188 valence electrons. The SMILES string of the molecule is COCCNC(=O)c1cc(NC(=O)Cc2ccccc2)ccc1N1CCC(Cc2ccccc2)CC1. The average molecular weight is 486 g/mol. The summed E-state index contributed by atoms with van der Waals surface area (Å²) in [5, 5.41) is 5.89. The summed E-state index contributed by atoms with van der Waals surface area (Å²) in [6, 6.07) is 25.9. The van der Waals surface area contributed by atoms with Crippen LogP contribution in [-0.4, -0.2) is 45.2 Å². The summed E-state index contributed by atoms with van der Waals surface area (Å²) in [6.07, 6.45) is 3.53. The molecule has 1 saturated heterocycles. The highest BCUT2D eigenvalue weighted by Crippen LogP contribution is 2.30. The zero-order valence-electron chi connectivity index (χ0n) is 20.9. The average Bonchev–Trinajstić information content (AvgIpc) is 2.90. The molecule has 6 nitrogen and oxygen atoms in total. The molecule has 2 N–H and O–H groups in total. The van der Waals surface area contributed by atoms with Gasteiger partial charge in [-0.05, 0) is 54.5 Å². The normalized spacial score (nSPS) is 13.9. The zero-order chi connectivity index (χ0) is 25.2. The second kappa shape index (κ2) is 12.9. The van der Waals surface area contributed by atoms with E-state index in [0.29, 0.717) is 30.3 Å². The van der Waals surface area contributed by atoms with Crippen LogP contribution in [0.2, 0.25) is 0 Å². The summed E-state index contributed by atoms with van der Waals surface area (Å²) in [4.78, 5) is 28.0. The lowest BCUT2D eigenvalue weighted by atomic mass is 9.89. The topological polar surface area (TPSA) is 70.7 Å². The third-order valence-corrected chi connectivity index (χ3v) is 6.65. The van der Waals surface area contributed by atoms with Gasteiger partial charge in [0.05, 0.1) is 18.6 Å². The maximum absolute atomic E-state index is 13.1. The van der Waals surface area contributed by atoms with Gasteiger partial charge in [0.2, 0.25) is 5.91 Å². The molecule has 0 atom stereocenters. The molecule has 3 aromatic rings. The second-order valence-corrected chi connectivity index (χ2v) is 9.31. The number of methoxy groups -OCH3 is 1. The number of piperidine rings is 1. The Morgan fingerprint density at radius 1 is 0.917 bits per heavy atom. The quantitative estimate of drug-likeness (QED) is 0.408. The van der Waals surface area contributed by atoms with Crippen molar-refractivity contribution in [2.75, 3.05) is 43.6 Å². The lowest BCUT2D eigenvalue weighted by molar-refractivity contribution is -0.115. The Labute approximate surface area is 213 Å². The Morgan fingerprint density at radius 2 is 1.58 bits per heavy atom. The molecule has 4 rings (SSSR count). The fraction of sp³-hybridized carbons (Fsp3) is 0.333. The molecule has 0 aromatic heterocycles. The number of hydrogen-bond acceptors (Lipinski definition) is 4. The van der Waals surface area contributed by atoms with E-state index in [2.05, 4.69) is 45.9 Å². The van der Waals surface area contributed by atoms with Gasteiger partial charge in [-0.25, -0.2) is 0 Å². The Bertz CT molecular complexity index is 1130. The molecule has 1 heterocycles. The Hall–Kier alpha value is -3.64. The van der Waals surface area contributed by atoms with Crippen molar-refractivity contribution in [3.63, 3.8) is 0 Å². The minimum Gasteiger partial charge on any atom is -0.383 e. The van der Waals surface area contributed by atoms with E-state index in [0.717, 1.165) is 43.6 Å². The van der Waals surface area contributed by atoms with Gasteiger partial charge in [0.15, 0.2) is 0 Å². The second-order valence-electron chi connectivity index (χ2n) is 9.31. The number of rotatable bonds is 10. The molecule has 2 amide bonds.